The summed E-state index contributed by atoms with van der Waals surface area (Å²) in [6.07, 6.45) is 1.84. The molecular formula is C11H10ClN. The fraction of sp³-hybridized carbons (Fsp3) is 0.182. The normalized spacial score (nSPS) is 10.7. The Bertz CT molecular complexity index is 463. The van der Waals surface area contributed by atoms with E-state index in [0.29, 0.717) is 0 Å². The molecule has 13 heavy (non-hydrogen) atoms. The van der Waals surface area contributed by atoms with Gasteiger partial charge in [0, 0.05) is 11.6 Å². The Balaban J connectivity index is 2.87. The molecule has 0 bridgehead atoms. The first-order valence-corrected chi connectivity index (χ1v) is 4.58. The monoisotopic (exact) mass is 191 g/mol. The van der Waals surface area contributed by atoms with Crippen molar-refractivity contribution < 1.29 is 0 Å². The summed E-state index contributed by atoms with van der Waals surface area (Å²) < 4.78 is 0. The summed E-state index contributed by atoms with van der Waals surface area (Å²) in [7, 11) is 0. The first-order valence-electron chi connectivity index (χ1n) is 4.20. The number of pyridine rings is 1. The molecule has 0 N–H and O–H groups in total. The van der Waals surface area contributed by atoms with Crippen molar-refractivity contribution >= 4 is 22.5 Å². The number of aromatic nitrogens is 1. The Morgan fingerprint density at radius 1 is 1.23 bits per heavy atom. The third kappa shape index (κ3) is 1.40. The van der Waals surface area contributed by atoms with Gasteiger partial charge >= 0.3 is 0 Å². The number of fused-ring (bicyclic) bond motifs is 1. The molecule has 2 heteroatoms. The molecular weight excluding hydrogens is 182 g/mol. The molecule has 0 saturated carbocycles. The van der Waals surface area contributed by atoms with Crippen LogP contribution in [-0.2, 0) is 0 Å². The third-order valence-corrected chi connectivity index (χ3v) is 2.60. The number of halogens is 1. The predicted octanol–water partition coefficient (Wildman–Crippen LogP) is 3.51. The average molecular weight is 192 g/mol. The standard InChI is InChI=1S/C11H10ClN/c1-7-5-9-4-3-8(2)10(12)11(9)13-6-7/h3-6H,1-2H3. The number of hydrogen-bond acceptors (Lipinski definition) is 1. The van der Waals surface area contributed by atoms with E-state index in [4.69, 9.17) is 11.6 Å². The van der Waals surface area contributed by atoms with Gasteiger partial charge in [-0.25, -0.2) is 0 Å². The molecule has 0 amide bonds. The summed E-state index contributed by atoms with van der Waals surface area (Å²) in [5, 5.41) is 1.87. The summed E-state index contributed by atoms with van der Waals surface area (Å²) in [5.74, 6) is 0. The van der Waals surface area contributed by atoms with E-state index in [9.17, 15) is 0 Å². The number of rotatable bonds is 0. The minimum Gasteiger partial charge on any atom is -0.254 e. The van der Waals surface area contributed by atoms with E-state index in [2.05, 4.69) is 17.1 Å². The van der Waals surface area contributed by atoms with Crippen LogP contribution in [0.25, 0.3) is 10.9 Å². The highest BCUT2D eigenvalue weighted by atomic mass is 35.5. The third-order valence-electron chi connectivity index (χ3n) is 2.12. The molecule has 0 fully saturated rings. The molecule has 0 atom stereocenters. The molecule has 2 rings (SSSR count). The summed E-state index contributed by atoms with van der Waals surface area (Å²) in [6, 6.07) is 6.16. The lowest BCUT2D eigenvalue weighted by Crippen LogP contribution is -1.84. The highest BCUT2D eigenvalue weighted by Gasteiger charge is 2.02. The summed E-state index contributed by atoms with van der Waals surface area (Å²) >= 11 is 6.12. The zero-order valence-electron chi connectivity index (χ0n) is 7.63. The zero-order chi connectivity index (χ0) is 9.42. The number of hydrogen-bond donors (Lipinski definition) is 0. The SMILES string of the molecule is Cc1cnc2c(Cl)c(C)ccc2c1. The van der Waals surface area contributed by atoms with Crippen LogP contribution in [0.1, 0.15) is 11.1 Å². The Labute approximate surface area is 82.4 Å². The number of aryl methyl sites for hydroxylation is 2. The van der Waals surface area contributed by atoms with Gasteiger partial charge in [0.05, 0.1) is 10.5 Å². The van der Waals surface area contributed by atoms with E-state index in [1.54, 1.807) is 0 Å². The van der Waals surface area contributed by atoms with Gasteiger partial charge in [0.1, 0.15) is 0 Å². The molecule has 0 aliphatic heterocycles. The van der Waals surface area contributed by atoms with E-state index >= 15 is 0 Å². The zero-order valence-corrected chi connectivity index (χ0v) is 8.39. The van der Waals surface area contributed by atoms with Gasteiger partial charge in [-0.1, -0.05) is 23.7 Å². The maximum Gasteiger partial charge on any atom is 0.0890 e. The highest BCUT2D eigenvalue weighted by Crippen LogP contribution is 2.25. The van der Waals surface area contributed by atoms with Crippen molar-refractivity contribution in [3.63, 3.8) is 0 Å². The summed E-state index contributed by atoms with van der Waals surface area (Å²) in [5.41, 5.74) is 3.13. The molecule has 0 unspecified atom stereocenters. The first kappa shape index (κ1) is 8.52. The van der Waals surface area contributed by atoms with Crippen molar-refractivity contribution in [2.75, 3.05) is 0 Å². The molecule has 1 heterocycles. The maximum atomic E-state index is 6.12. The maximum absolute atomic E-state index is 6.12. The fourth-order valence-electron chi connectivity index (χ4n) is 1.38. The van der Waals surface area contributed by atoms with Crippen LogP contribution < -0.4 is 0 Å². The van der Waals surface area contributed by atoms with Crippen LogP contribution in [0.5, 0.6) is 0 Å². The van der Waals surface area contributed by atoms with Gasteiger partial charge in [-0.2, -0.15) is 0 Å². The van der Waals surface area contributed by atoms with E-state index < -0.39 is 0 Å². The van der Waals surface area contributed by atoms with Gasteiger partial charge in [-0.15, -0.1) is 0 Å². The first-order chi connectivity index (χ1) is 6.18. The average Bonchev–Trinajstić information content (AvgIpc) is 2.12. The van der Waals surface area contributed by atoms with Crippen LogP contribution in [0.3, 0.4) is 0 Å². The van der Waals surface area contributed by atoms with E-state index in [0.717, 1.165) is 27.1 Å². The van der Waals surface area contributed by atoms with Gasteiger partial charge in [0.25, 0.3) is 0 Å². The molecule has 66 valence electrons. The van der Waals surface area contributed by atoms with Gasteiger partial charge < -0.3 is 0 Å². The lowest BCUT2D eigenvalue weighted by Gasteiger charge is -2.03. The molecule has 1 aromatic heterocycles. The smallest absolute Gasteiger partial charge is 0.0890 e. The van der Waals surface area contributed by atoms with Crippen LogP contribution in [0, 0.1) is 13.8 Å². The second-order valence-electron chi connectivity index (χ2n) is 3.28. The van der Waals surface area contributed by atoms with Crippen LogP contribution in [0.2, 0.25) is 5.02 Å². The van der Waals surface area contributed by atoms with Crippen molar-refractivity contribution in [1.29, 1.82) is 0 Å². The lowest BCUT2D eigenvalue weighted by atomic mass is 10.1. The van der Waals surface area contributed by atoms with E-state index in [1.807, 2.05) is 26.1 Å². The second-order valence-corrected chi connectivity index (χ2v) is 3.66. The minimum absolute atomic E-state index is 0.762. The molecule has 0 spiro atoms. The molecule has 1 aromatic carbocycles. The predicted molar refractivity (Wildman–Crippen MR) is 56.2 cm³/mol. The van der Waals surface area contributed by atoms with Crippen molar-refractivity contribution in [3.8, 4) is 0 Å². The molecule has 0 saturated heterocycles. The van der Waals surface area contributed by atoms with Crippen LogP contribution in [0.4, 0.5) is 0 Å². The molecule has 0 aliphatic carbocycles. The second kappa shape index (κ2) is 3.00. The fourth-order valence-corrected chi connectivity index (χ4v) is 1.60. The lowest BCUT2D eigenvalue weighted by molar-refractivity contribution is 1.32. The van der Waals surface area contributed by atoms with Crippen LogP contribution in [0.15, 0.2) is 24.4 Å². The van der Waals surface area contributed by atoms with Crippen molar-refractivity contribution in [3.05, 3.63) is 40.5 Å². The Morgan fingerprint density at radius 3 is 2.77 bits per heavy atom. The van der Waals surface area contributed by atoms with Gasteiger partial charge in [-0.3, -0.25) is 4.98 Å². The molecule has 0 radical (unpaired) electrons. The van der Waals surface area contributed by atoms with Crippen molar-refractivity contribution in [2.45, 2.75) is 13.8 Å². The largest absolute Gasteiger partial charge is 0.254 e. The topological polar surface area (TPSA) is 12.9 Å². The summed E-state index contributed by atoms with van der Waals surface area (Å²) in [4.78, 5) is 4.31. The minimum atomic E-state index is 0.762. The van der Waals surface area contributed by atoms with E-state index in [1.165, 1.54) is 0 Å². The van der Waals surface area contributed by atoms with Gasteiger partial charge in [0.15, 0.2) is 0 Å². The van der Waals surface area contributed by atoms with E-state index in [-0.39, 0.29) is 0 Å². The Kier molecular flexibility index (Phi) is 1.97. The van der Waals surface area contributed by atoms with Crippen LogP contribution in [-0.4, -0.2) is 4.98 Å². The molecule has 2 aromatic rings. The van der Waals surface area contributed by atoms with Gasteiger partial charge in [-0.05, 0) is 31.0 Å². The van der Waals surface area contributed by atoms with Crippen molar-refractivity contribution in [2.24, 2.45) is 0 Å². The quantitative estimate of drug-likeness (QED) is 0.621. The Morgan fingerprint density at radius 2 is 2.00 bits per heavy atom. The highest BCUT2D eigenvalue weighted by molar-refractivity contribution is 6.35. The molecule has 1 nitrogen and oxygen atoms in total. The Hall–Kier alpha value is -1.08. The summed E-state index contributed by atoms with van der Waals surface area (Å²) in [6.45, 7) is 4.02. The number of nitrogens with zero attached hydrogens (tertiary/aromatic N) is 1. The van der Waals surface area contributed by atoms with Crippen molar-refractivity contribution in [1.82, 2.24) is 4.98 Å². The molecule has 0 aliphatic rings. The van der Waals surface area contributed by atoms with Crippen LogP contribution >= 0.6 is 11.6 Å². The number of benzene rings is 1. The van der Waals surface area contributed by atoms with Gasteiger partial charge in [0.2, 0.25) is 0 Å².